The number of aromatic nitrogens is 3. The number of fused-ring (bicyclic) bond motifs is 1. The molecule has 2 heterocycles. The Hall–Kier alpha value is -4.94. The fourth-order valence-electron chi connectivity index (χ4n) is 7.44. The van der Waals surface area contributed by atoms with Gasteiger partial charge in [-0.15, -0.1) is 0 Å². The molecule has 1 aliphatic heterocycles. The van der Waals surface area contributed by atoms with E-state index in [1.54, 1.807) is 17.3 Å². The number of nitrogen functional groups attached to an aromatic ring is 1. The van der Waals surface area contributed by atoms with Gasteiger partial charge < -0.3 is 15.4 Å². The third-order valence-corrected chi connectivity index (χ3v) is 10.6. The topological polar surface area (TPSA) is 69.2 Å². The van der Waals surface area contributed by atoms with Gasteiger partial charge in [-0.3, -0.25) is 0 Å². The van der Waals surface area contributed by atoms with E-state index in [4.69, 9.17) is 10.5 Å². The van der Waals surface area contributed by atoms with Gasteiger partial charge in [0, 0.05) is 24.5 Å². The van der Waals surface area contributed by atoms with E-state index < -0.39 is 0 Å². The van der Waals surface area contributed by atoms with Gasteiger partial charge in [-0.2, -0.15) is 5.10 Å². The summed E-state index contributed by atoms with van der Waals surface area (Å²) in [5, 5.41) is 6.88. The van der Waals surface area contributed by atoms with Crippen molar-refractivity contribution in [2.75, 3.05) is 36.9 Å². The molecule has 0 aliphatic carbocycles. The van der Waals surface area contributed by atoms with Crippen molar-refractivity contribution in [3.63, 3.8) is 0 Å². The van der Waals surface area contributed by atoms with Gasteiger partial charge in [-0.05, 0) is 91.8 Å². The van der Waals surface area contributed by atoms with Crippen LogP contribution in [0.15, 0.2) is 116 Å². The maximum atomic E-state index is 5.97. The minimum atomic E-state index is 0.114. The van der Waals surface area contributed by atoms with Crippen LogP contribution in [0, 0.1) is 13.8 Å². The summed E-state index contributed by atoms with van der Waals surface area (Å²) in [6.07, 6.45) is 3.28. The lowest BCUT2D eigenvalue weighted by Gasteiger charge is -2.32. The first-order chi connectivity index (χ1) is 27.1. The fraction of sp³-hybridized carbons (Fsp3) is 0.423. The summed E-state index contributed by atoms with van der Waals surface area (Å²) < 4.78 is 7.22. The molecular weight excluding hydrogens is 711 g/mol. The lowest BCUT2D eigenvalue weighted by atomic mass is 9.83. The van der Waals surface area contributed by atoms with Gasteiger partial charge >= 0.3 is 0 Å². The highest BCUT2D eigenvalue weighted by Crippen LogP contribution is 2.33. The molecule has 6 nitrogen and oxygen atoms in total. The van der Waals surface area contributed by atoms with Crippen molar-refractivity contribution >= 4 is 22.1 Å². The van der Waals surface area contributed by atoms with Crippen LogP contribution in [0.3, 0.4) is 0 Å². The minimum Gasteiger partial charge on any atom is -0.398 e. The second kappa shape index (κ2) is 19.2. The zero-order valence-corrected chi connectivity index (χ0v) is 38.1. The number of benzene rings is 5. The summed E-state index contributed by atoms with van der Waals surface area (Å²) in [6, 6.07) is 36.3. The van der Waals surface area contributed by atoms with Crippen LogP contribution in [0.4, 0.5) is 11.4 Å². The van der Waals surface area contributed by atoms with Crippen LogP contribution in [0.2, 0.25) is 0 Å². The molecule has 0 spiro atoms. The van der Waals surface area contributed by atoms with Crippen LogP contribution < -0.4 is 10.6 Å². The van der Waals surface area contributed by atoms with Crippen molar-refractivity contribution in [2.45, 2.75) is 119 Å². The van der Waals surface area contributed by atoms with E-state index in [2.05, 4.69) is 196 Å². The Morgan fingerprint density at radius 2 is 1.02 bits per heavy atom. The van der Waals surface area contributed by atoms with E-state index in [0.717, 1.165) is 37.7 Å². The second-order valence-corrected chi connectivity index (χ2v) is 19.5. The monoisotopic (exact) mass is 782 g/mol. The summed E-state index contributed by atoms with van der Waals surface area (Å²) in [6.45, 7) is 34.7. The molecule has 1 aliphatic rings. The average molecular weight is 782 g/mol. The maximum absolute atomic E-state index is 5.97. The highest BCUT2D eigenvalue weighted by atomic mass is 16.5. The van der Waals surface area contributed by atoms with Crippen LogP contribution in [0.1, 0.15) is 116 Å². The zero-order chi connectivity index (χ0) is 42.9. The molecule has 1 saturated heterocycles. The van der Waals surface area contributed by atoms with Gasteiger partial charge in [-0.25, -0.2) is 9.67 Å². The lowest BCUT2D eigenvalue weighted by Crippen LogP contribution is -2.37. The van der Waals surface area contributed by atoms with Crippen molar-refractivity contribution in [1.29, 1.82) is 0 Å². The van der Waals surface area contributed by atoms with Crippen molar-refractivity contribution < 1.29 is 4.74 Å². The Kier molecular flexibility index (Phi) is 15.2. The standard InChI is InChI=1S/C15H23NO.C14H16.C12H15N3.C11H17N/c1-12-13(15(2,3)4)6-5-7-14(12)16-8-10-17-11-9-16;1-14(2,3)13-10-6-8-11-7-4-5-9-12(11)13;1-12(2,3)10-6-4-5-7-11(10)15-9-13-8-14-15;1-8-6-5-7-9(10(8)12)11(2,3)4/h5-7H,8-11H2,1-4H3;4-10H,1-3H3;4-9H,1-3H3;5-7H,12H2,1-4H3. The van der Waals surface area contributed by atoms with Gasteiger partial charge in [-0.1, -0.05) is 174 Å². The third kappa shape index (κ3) is 12.3. The molecule has 5 aromatic carbocycles. The molecule has 7 rings (SSSR count). The third-order valence-electron chi connectivity index (χ3n) is 10.6. The van der Waals surface area contributed by atoms with Crippen molar-refractivity contribution in [3.05, 3.63) is 149 Å². The Labute approximate surface area is 350 Å². The van der Waals surface area contributed by atoms with Crippen molar-refractivity contribution in [2.24, 2.45) is 0 Å². The molecule has 0 amide bonds. The molecule has 58 heavy (non-hydrogen) atoms. The number of para-hydroxylation sites is 2. The molecule has 0 saturated carbocycles. The van der Waals surface area contributed by atoms with E-state index in [1.165, 1.54) is 49.8 Å². The van der Waals surface area contributed by atoms with E-state index >= 15 is 0 Å². The molecule has 0 atom stereocenters. The van der Waals surface area contributed by atoms with Gasteiger partial charge in [0.1, 0.15) is 12.7 Å². The van der Waals surface area contributed by atoms with Crippen LogP contribution in [-0.2, 0) is 26.4 Å². The molecule has 0 radical (unpaired) electrons. The summed E-state index contributed by atoms with van der Waals surface area (Å²) in [5.74, 6) is 0. The van der Waals surface area contributed by atoms with Gasteiger partial charge in [0.25, 0.3) is 0 Å². The first-order valence-electron chi connectivity index (χ1n) is 20.8. The second-order valence-electron chi connectivity index (χ2n) is 19.5. The fourth-order valence-corrected chi connectivity index (χ4v) is 7.44. The van der Waals surface area contributed by atoms with Crippen LogP contribution in [-0.4, -0.2) is 41.1 Å². The maximum Gasteiger partial charge on any atom is 0.138 e. The van der Waals surface area contributed by atoms with Crippen LogP contribution >= 0.6 is 0 Å². The Bertz CT molecular complexity index is 2180. The predicted octanol–water partition coefficient (Wildman–Crippen LogP) is 12.7. The molecule has 2 N–H and O–H groups in total. The van der Waals surface area contributed by atoms with Gasteiger partial charge in [0.15, 0.2) is 0 Å². The normalized spacial score (nSPS) is 13.4. The summed E-state index contributed by atoms with van der Waals surface area (Å²) in [7, 11) is 0. The van der Waals surface area contributed by atoms with E-state index in [0.29, 0.717) is 0 Å². The number of anilines is 2. The Balaban J connectivity index is 0.000000172. The van der Waals surface area contributed by atoms with E-state index in [9.17, 15) is 0 Å². The SMILES string of the molecule is CC(C)(C)c1cccc2ccccc12.CC(C)(C)c1ccccc1-n1cncn1.Cc1c(N2CCOCC2)cccc1C(C)(C)C.Cc1cccc(C(C)(C)C)c1N. The summed E-state index contributed by atoms with van der Waals surface area (Å²) >= 11 is 0. The van der Waals surface area contributed by atoms with E-state index in [1.807, 2.05) is 19.1 Å². The number of nitrogens with two attached hydrogens (primary N) is 1. The first-order valence-corrected chi connectivity index (χ1v) is 20.8. The largest absolute Gasteiger partial charge is 0.398 e. The molecule has 0 bridgehead atoms. The van der Waals surface area contributed by atoms with Gasteiger partial charge in [0.05, 0.1) is 18.9 Å². The number of ether oxygens (including phenoxy) is 1. The van der Waals surface area contributed by atoms with Crippen molar-refractivity contribution in [1.82, 2.24) is 14.8 Å². The number of nitrogens with zero attached hydrogens (tertiary/aromatic N) is 4. The number of hydrogen-bond donors (Lipinski definition) is 1. The Morgan fingerprint density at radius 3 is 1.60 bits per heavy atom. The average Bonchev–Trinajstić information content (AvgIpc) is 3.71. The molecule has 310 valence electrons. The molecule has 0 unspecified atom stereocenters. The number of aryl methyl sites for hydroxylation is 1. The zero-order valence-electron chi connectivity index (χ0n) is 38.1. The highest BCUT2D eigenvalue weighted by Gasteiger charge is 2.22. The molecule has 6 aromatic rings. The van der Waals surface area contributed by atoms with Crippen LogP contribution in [0.25, 0.3) is 16.5 Å². The van der Waals surface area contributed by atoms with Gasteiger partial charge in [0.2, 0.25) is 0 Å². The van der Waals surface area contributed by atoms with Crippen molar-refractivity contribution in [3.8, 4) is 5.69 Å². The number of rotatable bonds is 2. The van der Waals surface area contributed by atoms with E-state index in [-0.39, 0.29) is 21.7 Å². The summed E-state index contributed by atoms with van der Waals surface area (Å²) in [4.78, 5) is 6.41. The minimum absolute atomic E-state index is 0.114. The number of morpholine rings is 1. The predicted molar refractivity (Wildman–Crippen MR) is 250 cm³/mol. The molecule has 1 aromatic heterocycles. The lowest BCUT2D eigenvalue weighted by molar-refractivity contribution is 0.122. The number of hydrogen-bond acceptors (Lipinski definition) is 5. The first kappa shape index (κ1) is 45.8. The highest BCUT2D eigenvalue weighted by molar-refractivity contribution is 5.86. The molecule has 6 heteroatoms. The quantitative estimate of drug-likeness (QED) is 0.177. The Morgan fingerprint density at radius 1 is 0.534 bits per heavy atom. The molecular formula is C52H71N5O. The summed E-state index contributed by atoms with van der Waals surface area (Å²) in [5.41, 5.74) is 18.1. The smallest absolute Gasteiger partial charge is 0.138 e. The molecule has 1 fully saturated rings. The van der Waals surface area contributed by atoms with Crippen LogP contribution in [0.5, 0.6) is 0 Å².